The van der Waals surface area contributed by atoms with Crippen molar-refractivity contribution in [1.82, 2.24) is 16.0 Å². The fourth-order valence-corrected chi connectivity index (χ4v) is 1.99. The summed E-state index contributed by atoms with van der Waals surface area (Å²) in [6.45, 7) is 9.50. The summed E-state index contributed by atoms with van der Waals surface area (Å²) >= 11 is 0. The minimum atomic E-state index is -1.37. The molecule has 0 aromatic rings. The second-order valence-corrected chi connectivity index (χ2v) is 8.12. The molecule has 0 aliphatic carbocycles. The fraction of sp³-hybridized carbons (Fsp3) is 0.706. The summed E-state index contributed by atoms with van der Waals surface area (Å²) in [4.78, 5) is 58.9. The maximum Gasteiger partial charge on any atom is 0.408 e. The molecule has 1 aliphatic rings. The van der Waals surface area contributed by atoms with E-state index in [9.17, 15) is 24.0 Å². The lowest BCUT2D eigenvalue weighted by atomic mass is 10.2. The van der Waals surface area contributed by atoms with Gasteiger partial charge in [0, 0.05) is 0 Å². The van der Waals surface area contributed by atoms with Crippen LogP contribution in [0.4, 0.5) is 9.59 Å². The molecule has 4 amide bonds. The second kappa shape index (κ2) is 8.89. The summed E-state index contributed by atoms with van der Waals surface area (Å²) in [5.74, 6) is -2.35. The maximum atomic E-state index is 12.4. The van der Waals surface area contributed by atoms with Crippen LogP contribution in [0.15, 0.2) is 0 Å². The summed E-state index contributed by atoms with van der Waals surface area (Å²) in [5, 5.41) is 6.60. The predicted molar refractivity (Wildman–Crippen MR) is 95.0 cm³/mol. The third kappa shape index (κ3) is 8.69. The zero-order valence-corrected chi connectivity index (χ0v) is 16.8. The van der Waals surface area contributed by atoms with E-state index in [1.165, 1.54) is 0 Å². The largest absolute Gasteiger partial charge is 0.450 e. The predicted octanol–water partition coefficient (Wildman–Crippen LogP) is 0.363. The molecule has 1 rings (SSSR count). The Labute approximate surface area is 162 Å². The van der Waals surface area contributed by atoms with E-state index in [-0.39, 0.29) is 13.0 Å². The van der Waals surface area contributed by atoms with Crippen LogP contribution < -0.4 is 16.0 Å². The summed E-state index contributed by atoms with van der Waals surface area (Å²) < 4.78 is 15.1. The Bertz CT molecular complexity index is 648. The number of ether oxygens (including phenoxy) is 3. The standard InChI is InChI=1S/C17H27N3O8/c1-16(2,3)27-14(24)18-8-9(19-15(25)28-17(4,5)6)13(23)26-10-7-11(21)20-12(10)22/h9-10H,7-8H2,1-6H3,(H,18,24)(H,19,25)(H,20,21,22). The van der Waals surface area contributed by atoms with Crippen molar-refractivity contribution in [3.05, 3.63) is 0 Å². The average molecular weight is 401 g/mol. The molecule has 0 bridgehead atoms. The second-order valence-electron chi connectivity index (χ2n) is 8.12. The van der Waals surface area contributed by atoms with Gasteiger partial charge in [-0.3, -0.25) is 14.9 Å². The first-order valence-corrected chi connectivity index (χ1v) is 8.67. The number of hydrogen-bond acceptors (Lipinski definition) is 8. The van der Waals surface area contributed by atoms with Crippen molar-refractivity contribution >= 4 is 30.0 Å². The molecule has 1 fully saturated rings. The Balaban J connectivity index is 2.77. The molecule has 1 heterocycles. The van der Waals surface area contributed by atoms with Crippen LogP contribution in [0.25, 0.3) is 0 Å². The molecule has 0 radical (unpaired) electrons. The van der Waals surface area contributed by atoms with Gasteiger partial charge in [-0.05, 0) is 41.5 Å². The van der Waals surface area contributed by atoms with Crippen molar-refractivity contribution in [3.63, 3.8) is 0 Å². The molecule has 28 heavy (non-hydrogen) atoms. The fourth-order valence-electron chi connectivity index (χ4n) is 1.99. The highest BCUT2D eigenvalue weighted by Crippen LogP contribution is 2.10. The highest BCUT2D eigenvalue weighted by Gasteiger charge is 2.36. The molecule has 2 atom stereocenters. The zero-order valence-electron chi connectivity index (χ0n) is 16.8. The number of imide groups is 1. The molecular formula is C17H27N3O8. The van der Waals surface area contributed by atoms with Crippen molar-refractivity contribution in [2.24, 2.45) is 0 Å². The Hall–Kier alpha value is -2.85. The Kier molecular flexibility index (Phi) is 7.36. The van der Waals surface area contributed by atoms with Gasteiger partial charge in [-0.15, -0.1) is 0 Å². The lowest BCUT2D eigenvalue weighted by Gasteiger charge is -2.24. The Morgan fingerprint density at radius 2 is 1.57 bits per heavy atom. The number of carbonyl (C=O) groups is 5. The van der Waals surface area contributed by atoms with Crippen LogP contribution in [0, 0.1) is 0 Å². The van der Waals surface area contributed by atoms with Crippen molar-refractivity contribution in [2.75, 3.05) is 6.54 Å². The molecular weight excluding hydrogens is 374 g/mol. The third-order valence-corrected chi connectivity index (χ3v) is 3.01. The lowest BCUT2D eigenvalue weighted by Crippen LogP contribution is -2.51. The first-order chi connectivity index (χ1) is 12.7. The van der Waals surface area contributed by atoms with Gasteiger partial charge >= 0.3 is 18.2 Å². The lowest BCUT2D eigenvalue weighted by molar-refractivity contribution is -0.155. The Morgan fingerprint density at radius 1 is 1.04 bits per heavy atom. The quantitative estimate of drug-likeness (QED) is 0.340. The van der Waals surface area contributed by atoms with Crippen LogP contribution in [0.5, 0.6) is 0 Å². The highest BCUT2D eigenvalue weighted by molar-refractivity contribution is 6.05. The van der Waals surface area contributed by atoms with Crippen molar-refractivity contribution in [3.8, 4) is 0 Å². The molecule has 11 heteroatoms. The molecule has 2 unspecified atom stereocenters. The molecule has 1 aliphatic heterocycles. The number of rotatable bonds is 5. The van der Waals surface area contributed by atoms with Gasteiger partial charge in [0.2, 0.25) is 5.91 Å². The molecule has 3 N–H and O–H groups in total. The van der Waals surface area contributed by atoms with Crippen LogP contribution in [-0.2, 0) is 28.6 Å². The number of nitrogens with one attached hydrogen (secondary N) is 3. The van der Waals surface area contributed by atoms with Gasteiger partial charge in [-0.25, -0.2) is 14.4 Å². The molecule has 0 spiro atoms. The normalized spacial score (nSPS) is 18.0. The SMILES string of the molecule is CC(C)(C)OC(=O)NCC(NC(=O)OC(C)(C)C)C(=O)OC1CC(=O)NC1=O. The van der Waals surface area contributed by atoms with Gasteiger partial charge < -0.3 is 24.8 Å². The van der Waals surface area contributed by atoms with Crippen LogP contribution >= 0.6 is 0 Å². The van der Waals surface area contributed by atoms with Gasteiger partial charge in [-0.2, -0.15) is 0 Å². The van der Waals surface area contributed by atoms with Crippen LogP contribution in [0.2, 0.25) is 0 Å². The topological polar surface area (TPSA) is 149 Å². The van der Waals surface area contributed by atoms with E-state index in [4.69, 9.17) is 14.2 Å². The van der Waals surface area contributed by atoms with Gasteiger partial charge in [0.25, 0.3) is 5.91 Å². The first kappa shape index (κ1) is 23.2. The molecule has 1 saturated heterocycles. The van der Waals surface area contributed by atoms with E-state index in [0.29, 0.717) is 0 Å². The number of esters is 1. The number of carbonyl (C=O) groups excluding carboxylic acids is 5. The van der Waals surface area contributed by atoms with Gasteiger partial charge in [0.1, 0.15) is 17.2 Å². The van der Waals surface area contributed by atoms with Gasteiger partial charge in [-0.1, -0.05) is 0 Å². The number of alkyl carbamates (subject to hydrolysis) is 2. The van der Waals surface area contributed by atoms with E-state index in [1.807, 2.05) is 5.32 Å². The smallest absolute Gasteiger partial charge is 0.408 e. The van der Waals surface area contributed by atoms with E-state index in [1.54, 1.807) is 41.5 Å². The van der Waals surface area contributed by atoms with Crippen molar-refractivity contribution < 1.29 is 38.2 Å². The summed E-state index contributed by atoms with van der Waals surface area (Å²) in [5.41, 5.74) is -1.59. The van der Waals surface area contributed by atoms with Crippen LogP contribution in [-0.4, -0.2) is 59.9 Å². The molecule has 0 saturated carbocycles. The number of hydrogen-bond donors (Lipinski definition) is 3. The zero-order chi connectivity index (χ0) is 21.7. The monoisotopic (exact) mass is 401 g/mol. The highest BCUT2D eigenvalue weighted by atomic mass is 16.6. The van der Waals surface area contributed by atoms with E-state index in [0.717, 1.165) is 0 Å². The third-order valence-electron chi connectivity index (χ3n) is 3.01. The summed E-state index contributed by atoms with van der Waals surface area (Å²) in [6.07, 6.45) is -3.36. The average Bonchev–Trinajstić information content (AvgIpc) is 2.77. The van der Waals surface area contributed by atoms with E-state index < -0.39 is 53.3 Å². The minimum absolute atomic E-state index is 0.316. The molecule has 11 nitrogen and oxygen atoms in total. The van der Waals surface area contributed by atoms with Crippen molar-refractivity contribution in [1.29, 1.82) is 0 Å². The van der Waals surface area contributed by atoms with Gasteiger partial charge in [0.15, 0.2) is 6.10 Å². The van der Waals surface area contributed by atoms with Gasteiger partial charge in [0.05, 0.1) is 13.0 Å². The Morgan fingerprint density at radius 3 is 2.04 bits per heavy atom. The van der Waals surface area contributed by atoms with E-state index in [2.05, 4.69) is 10.6 Å². The number of amides is 4. The maximum absolute atomic E-state index is 12.4. The minimum Gasteiger partial charge on any atom is -0.450 e. The molecule has 0 aromatic heterocycles. The van der Waals surface area contributed by atoms with E-state index >= 15 is 0 Å². The van der Waals surface area contributed by atoms with Crippen molar-refractivity contribution in [2.45, 2.75) is 71.3 Å². The molecule has 158 valence electrons. The molecule has 0 aromatic carbocycles. The summed E-state index contributed by atoms with van der Waals surface area (Å²) in [6, 6.07) is -1.37. The van der Waals surface area contributed by atoms with Crippen LogP contribution in [0.1, 0.15) is 48.0 Å². The summed E-state index contributed by atoms with van der Waals surface area (Å²) in [7, 11) is 0. The van der Waals surface area contributed by atoms with Crippen LogP contribution in [0.3, 0.4) is 0 Å². The first-order valence-electron chi connectivity index (χ1n) is 8.67.